The number of nitrogens with zero attached hydrogens (tertiary/aromatic N) is 2. The van der Waals surface area contributed by atoms with Gasteiger partial charge in [-0.25, -0.2) is 4.79 Å². The van der Waals surface area contributed by atoms with E-state index in [-0.39, 0.29) is 24.9 Å². The van der Waals surface area contributed by atoms with Crippen LogP contribution in [0.3, 0.4) is 0 Å². The molecule has 6 N–H and O–H groups in total. The number of guanidine groups is 1. The molecule has 0 radical (unpaired) electrons. The van der Waals surface area contributed by atoms with E-state index in [2.05, 4.69) is 15.6 Å². The molecule has 0 bridgehead atoms. The van der Waals surface area contributed by atoms with Crippen LogP contribution in [0, 0.1) is 0 Å². The number of anilines is 3. The average Bonchev–Trinajstić information content (AvgIpc) is 2.67. The van der Waals surface area contributed by atoms with Crippen LogP contribution in [0.4, 0.5) is 21.9 Å². The fourth-order valence-corrected chi connectivity index (χ4v) is 3.20. The van der Waals surface area contributed by atoms with Gasteiger partial charge in [0.1, 0.15) is 0 Å². The first-order valence-corrected chi connectivity index (χ1v) is 8.95. The van der Waals surface area contributed by atoms with Crippen LogP contribution in [0.2, 0.25) is 0 Å². The molecule has 0 unspecified atom stereocenters. The molecule has 1 fully saturated rings. The normalized spacial score (nSPS) is 20.4. The number of rotatable bonds is 4. The van der Waals surface area contributed by atoms with E-state index in [0.29, 0.717) is 16.9 Å². The van der Waals surface area contributed by atoms with E-state index in [1.54, 1.807) is 18.2 Å². The number of benzene rings is 2. The minimum atomic E-state index is -1.38. The fourth-order valence-electron chi connectivity index (χ4n) is 3.20. The van der Waals surface area contributed by atoms with Crippen molar-refractivity contribution in [1.82, 2.24) is 10.2 Å². The minimum Gasteiger partial charge on any atom is -0.463 e. The number of amides is 2. The van der Waals surface area contributed by atoms with Gasteiger partial charge in [-0.05, 0) is 42.3 Å². The monoisotopic (exact) mass is 397 g/mol. The van der Waals surface area contributed by atoms with Crippen molar-refractivity contribution in [3.8, 4) is 0 Å². The molecule has 1 aliphatic rings. The van der Waals surface area contributed by atoms with Gasteiger partial charge in [0, 0.05) is 12.7 Å². The zero-order valence-electron chi connectivity index (χ0n) is 16.1. The lowest BCUT2D eigenvalue weighted by molar-refractivity contribution is -0.129. The van der Waals surface area contributed by atoms with Crippen molar-refractivity contribution in [3.63, 3.8) is 0 Å². The van der Waals surface area contributed by atoms with Crippen molar-refractivity contribution in [2.45, 2.75) is 25.5 Å². The number of carboxylic acid groups (broad SMARTS) is 1. The van der Waals surface area contributed by atoms with E-state index in [9.17, 15) is 14.7 Å². The fraction of sp³-hybridized carbons (Fsp3) is 0.250. The lowest BCUT2D eigenvalue weighted by Crippen LogP contribution is -2.58. The molecule has 2 aromatic rings. The van der Waals surface area contributed by atoms with Gasteiger partial charge in [0.2, 0.25) is 11.9 Å². The summed E-state index contributed by atoms with van der Waals surface area (Å²) in [7, 11) is 1.48. The summed E-state index contributed by atoms with van der Waals surface area (Å²) in [5.41, 5.74) is 8.64. The summed E-state index contributed by atoms with van der Waals surface area (Å²) in [4.78, 5) is 28.1. The summed E-state index contributed by atoms with van der Waals surface area (Å²) >= 11 is 0. The SMILES string of the molecule is CN1C(=O)C[C@@](C)(c2cccc(Nc3ccc(CO)cc3N)c2)N/C1=N\C(=O)O. The molecule has 0 aliphatic carbocycles. The van der Waals surface area contributed by atoms with Gasteiger partial charge in [-0.3, -0.25) is 9.69 Å². The molecule has 0 saturated carbocycles. The van der Waals surface area contributed by atoms with Gasteiger partial charge in [-0.1, -0.05) is 18.2 Å². The van der Waals surface area contributed by atoms with Crippen LogP contribution in [-0.2, 0) is 16.9 Å². The Hall–Kier alpha value is -3.59. The molecule has 9 nitrogen and oxygen atoms in total. The Kier molecular flexibility index (Phi) is 5.42. The highest BCUT2D eigenvalue weighted by atomic mass is 16.4. The molecule has 152 valence electrons. The van der Waals surface area contributed by atoms with E-state index >= 15 is 0 Å². The molecule has 2 amide bonds. The number of carbonyl (C=O) groups is 2. The van der Waals surface area contributed by atoms with Crippen molar-refractivity contribution >= 4 is 35.0 Å². The molecule has 1 heterocycles. The molecule has 3 rings (SSSR count). The molecule has 0 aromatic heterocycles. The first-order valence-electron chi connectivity index (χ1n) is 8.95. The predicted molar refractivity (Wildman–Crippen MR) is 110 cm³/mol. The van der Waals surface area contributed by atoms with Crippen molar-refractivity contribution in [3.05, 3.63) is 53.6 Å². The third kappa shape index (κ3) is 4.30. The molecule has 29 heavy (non-hydrogen) atoms. The van der Waals surface area contributed by atoms with Gasteiger partial charge in [-0.15, -0.1) is 4.99 Å². The zero-order chi connectivity index (χ0) is 21.2. The van der Waals surface area contributed by atoms with Gasteiger partial charge in [0.25, 0.3) is 0 Å². The van der Waals surface area contributed by atoms with Crippen LogP contribution in [-0.4, -0.2) is 40.1 Å². The second kappa shape index (κ2) is 7.80. The highest BCUT2D eigenvalue weighted by molar-refractivity contribution is 6.03. The topological polar surface area (TPSA) is 140 Å². The maximum Gasteiger partial charge on any atom is 0.434 e. The van der Waals surface area contributed by atoms with Gasteiger partial charge in [-0.2, -0.15) is 0 Å². The van der Waals surface area contributed by atoms with E-state index in [0.717, 1.165) is 11.3 Å². The van der Waals surface area contributed by atoms with Gasteiger partial charge in [0.05, 0.1) is 29.9 Å². The first-order chi connectivity index (χ1) is 13.7. The summed E-state index contributed by atoms with van der Waals surface area (Å²) in [6, 6.07) is 12.7. The van der Waals surface area contributed by atoms with Crippen molar-refractivity contribution in [2.24, 2.45) is 4.99 Å². The minimum absolute atomic E-state index is 0.0153. The van der Waals surface area contributed by atoms with Crippen molar-refractivity contribution < 1.29 is 19.8 Å². The number of nitrogen functional groups attached to an aromatic ring is 1. The smallest absolute Gasteiger partial charge is 0.434 e. The molecule has 1 aliphatic heterocycles. The number of aliphatic hydroxyl groups excluding tert-OH is 1. The van der Waals surface area contributed by atoms with E-state index < -0.39 is 11.6 Å². The lowest BCUT2D eigenvalue weighted by atomic mass is 9.86. The van der Waals surface area contributed by atoms with Crippen LogP contribution in [0.1, 0.15) is 24.5 Å². The largest absolute Gasteiger partial charge is 0.463 e. The summed E-state index contributed by atoms with van der Waals surface area (Å²) in [6.07, 6.45) is -1.24. The Bertz CT molecular complexity index is 991. The lowest BCUT2D eigenvalue weighted by Gasteiger charge is -2.40. The number of aliphatic imine (C=N–C) groups is 1. The molecule has 9 heteroatoms. The Balaban J connectivity index is 1.90. The van der Waals surface area contributed by atoms with E-state index in [4.69, 9.17) is 10.8 Å². The van der Waals surface area contributed by atoms with Crippen molar-refractivity contribution in [2.75, 3.05) is 18.1 Å². The summed E-state index contributed by atoms with van der Waals surface area (Å²) in [5.74, 6) is -0.258. The maximum atomic E-state index is 12.4. The van der Waals surface area contributed by atoms with Gasteiger partial charge >= 0.3 is 6.09 Å². The zero-order valence-corrected chi connectivity index (χ0v) is 16.1. The Labute approximate surface area is 167 Å². The van der Waals surface area contributed by atoms with Crippen LogP contribution in [0.15, 0.2) is 47.5 Å². The predicted octanol–water partition coefficient (Wildman–Crippen LogP) is 2.21. The number of aliphatic hydroxyl groups is 1. The number of hydrogen-bond acceptors (Lipinski definition) is 5. The van der Waals surface area contributed by atoms with E-state index in [1.165, 1.54) is 11.9 Å². The van der Waals surface area contributed by atoms with Crippen LogP contribution in [0.25, 0.3) is 0 Å². The first kappa shape index (κ1) is 20.2. The summed E-state index contributed by atoms with van der Waals surface area (Å²) in [5, 5.41) is 24.5. The highest BCUT2D eigenvalue weighted by Crippen LogP contribution is 2.32. The molecular formula is C20H23N5O4. The molecule has 0 spiro atoms. The number of carbonyl (C=O) groups excluding carboxylic acids is 1. The maximum absolute atomic E-state index is 12.4. The standard InChI is InChI=1S/C20H23N5O4/c1-20(10-17(27)25(2)18(24-20)23-19(28)29)13-4-3-5-14(9-13)22-16-7-6-12(11-26)8-15(16)21/h3-9,22,26H,10-11,21H2,1-2H3,(H,23,24)(H,28,29)/t20-/m0/s1. The second-order valence-corrected chi connectivity index (χ2v) is 7.09. The quantitative estimate of drug-likeness (QED) is 0.498. The third-order valence-electron chi connectivity index (χ3n) is 4.86. The number of nitrogens with two attached hydrogens (primary N) is 1. The van der Waals surface area contributed by atoms with Gasteiger partial charge in [0.15, 0.2) is 0 Å². The number of hydrogen-bond donors (Lipinski definition) is 5. The van der Waals surface area contributed by atoms with Gasteiger partial charge < -0.3 is 26.6 Å². The van der Waals surface area contributed by atoms with Crippen LogP contribution < -0.4 is 16.4 Å². The van der Waals surface area contributed by atoms with Crippen LogP contribution >= 0.6 is 0 Å². The molecule has 1 saturated heterocycles. The molecule has 2 aromatic carbocycles. The highest BCUT2D eigenvalue weighted by Gasteiger charge is 2.38. The van der Waals surface area contributed by atoms with Crippen molar-refractivity contribution in [1.29, 1.82) is 0 Å². The summed E-state index contributed by atoms with van der Waals surface area (Å²) < 4.78 is 0. The average molecular weight is 397 g/mol. The summed E-state index contributed by atoms with van der Waals surface area (Å²) in [6.45, 7) is 1.73. The number of nitrogens with one attached hydrogen (secondary N) is 2. The second-order valence-electron chi connectivity index (χ2n) is 7.09. The van der Waals surface area contributed by atoms with Crippen LogP contribution in [0.5, 0.6) is 0 Å². The van der Waals surface area contributed by atoms with E-state index in [1.807, 2.05) is 31.2 Å². The third-order valence-corrected chi connectivity index (χ3v) is 4.86. The Morgan fingerprint density at radius 3 is 2.76 bits per heavy atom. The Morgan fingerprint density at radius 2 is 2.10 bits per heavy atom. The molecular weight excluding hydrogens is 374 g/mol. The molecule has 1 atom stereocenters. The Morgan fingerprint density at radius 1 is 1.34 bits per heavy atom.